The minimum Gasteiger partial charge on any atom is -0.478 e. The molecule has 0 aromatic heterocycles. The maximum Gasteiger partial charge on any atom is 0.329 e. The number of benzene rings is 1. The number of aliphatic carboxylic acids is 1. The van der Waals surface area contributed by atoms with Crippen LogP contribution < -0.4 is 5.32 Å². The van der Waals surface area contributed by atoms with E-state index in [2.05, 4.69) is 36.5 Å². The maximum absolute atomic E-state index is 10.3. The van der Waals surface area contributed by atoms with Crippen molar-refractivity contribution < 1.29 is 9.90 Å². The Kier molecular flexibility index (Phi) is 4.58. The predicted molar refractivity (Wildman–Crippen MR) is 64.1 cm³/mol. The summed E-state index contributed by atoms with van der Waals surface area (Å²) < 4.78 is 0. The van der Waals surface area contributed by atoms with Gasteiger partial charge in [0.05, 0.1) is 0 Å². The van der Waals surface area contributed by atoms with Crippen LogP contribution in [0.2, 0.25) is 0 Å². The maximum atomic E-state index is 10.3. The molecule has 1 aromatic rings. The highest BCUT2D eigenvalue weighted by Gasteiger charge is 2.01. The fraction of sp³-hybridized carbons (Fsp3) is 0.308. The zero-order chi connectivity index (χ0) is 12.0. The third-order valence-corrected chi connectivity index (χ3v) is 2.46. The van der Waals surface area contributed by atoms with E-state index in [1.54, 1.807) is 0 Å². The van der Waals surface area contributed by atoms with Crippen LogP contribution in [-0.2, 0) is 11.2 Å². The molecule has 0 radical (unpaired) electrons. The highest BCUT2D eigenvalue weighted by atomic mass is 16.4. The Morgan fingerprint density at radius 2 is 2.06 bits per heavy atom. The molecule has 1 atom stereocenters. The number of rotatable bonds is 5. The Bertz CT molecular complexity index is 368. The molecule has 0 heterocycles. The monoisotopic (exact) mass is 219 g/mol. The van der Waals surface area contributed by atoms with Crippen LogP contribution in [0.15, 0.2) is 36.5 Å². The molecule has 3 heteroatoms. The van der Waals surface area contributed by atoms with Crippen LogP contribution in [0.1, 0.15) is 31.0 Å². The number of hydrogen-bond donors (Lipinski definition) is 2. The molecule has 16 heavy (non-hydrogen) atoms. The highest BCUT2D eigenvalue weighted by molar-refractivity contribution is 5.79. The molecule has 0 saturated heterocycles. The number of carbonyl (C=O) groups is 1. The van der Waals surface area contributed by atoms with Crippen LogP contribution >= 0.6 is 0 Å². The summed E-state index contributed by atoms with van der Waals surface area (Å²) in [6.45, 7) is 4.11. The second-order valence-corrected chi connectivity index (χ2v) is 3.66. The second kappa shape index (κ2) is 5.95. The molecule has 0 saturated carbocycles. The van der Waals surface area contributed by atoms with Crippen molar-refractivity contribution in [3.63, 3.8) is 0 Å². The lowest BCUT2D eigenvalue weighted by atomic mass is 10.1. The van der Waals surface area contributed by atoms with E-state index in [1.807, 2.05) is 6.92 Å². The van der Waals surface area contributed by atoms with Crippen molar-refractivity contribution in [3.8, 4) is 0 Å². The van der Waals surface area contributed by atoms with Crippen molar-refractivity contribution in [1.29, 1.82) is 0 Å². The Balaban J connectivity index is 2.58. The van der Waals surface area contributed by atoms with E-state index in [-0.39, 0.29) is 6.04 Å². The molecule has 86 valence electrons. The Morgan fingerprint density at radius 1 is 1.44 bits per heavy atom. The number of carboxylic acid groups (broad SMARTS) is 1. The lowest BCUT2D eigenvalue weighted by molar-refractivity contribution is -0.131. The van der Waals surface area contributed by atoms with E-state index in [0.717, 1.165) is 18.1 Å². The van der Waals surface area contributed by atoms with Gasteiger partial charge in [-0.2, -0.15) is 0 Å². The van der Waals surface area contributed by atoms with Gasteiger partial charge < -0.3 is 10.4 Å². The average molecular weight is 219 g/mol. The minimum atomic E-state index is -0.943. The predicted octanol–water partition coefficient (Wildman–Crippen LogP) is 2.50. The van der Waals surface area contributed by atoms with Gasteiger partial charge in [-0.15, -0.1) is 0 Å². The van der Waals surface area contributed by atoms with E-state index in [9.17, 15) is 4.79 Å². The molecule has 1 unspecified atom stereocenters. The molecule has 0 spiro atoms. The van der Waals surface area contributed by atoms with Crippen LogP contribution in [0.5, 0.6) is 0 Å². The van der Waals surface area contributed by atoms with Crippen LogP contribution in [0.3, 0.4) is 0 Å². The van der Waals surface area contributed by atoms with Crippen LogP contribution in [0, 0.1) is 0 Å². The molecule has 0 aliphatic carbocycles. The third-order valence-electron chi connectivity index (χ3n) is 2.46. The van der Waals surface area contributed by atoms with Crippen molar-refractivity contribution in [2.75, 3.05) is 0 Å². The molecule has 1 rings (SSSR count). The zero-order valence-corrected chi connectivity index (χ0v) is 9.60. The molecule has 1 aromatic carbocycles. The average Bonchev–Trinajstić information content (AvgIpc) is 2.28. The molecule has 3 nitrogen and oxygen atoms in total. The molecule has 0 amide bonds. The summed E-state index contributed by atoms with van der Waals surface area (Å²) in [5, 5.41) is 11.4. The first kappa shape index (κ1) is 12.3. The van der Waals surface area contributed by atoms with E-state index in [1.165, 1.54) is 11.8 Å². The molecular weight excluding hydrogens is 202 g/mol. The normalized spacial score (nSPS) is 12.6. The van der Waals surface area contributed by atoms with Crippen molar-refractivity contribution in [2.24, 2.45) is 0 Å². The molecular formula is C13H17NO2. The van der Waals surface area contributed by atoms with Gasteiger partial charge in [0.25, 0.3) is 0 Å². The summed E-state index contributed by atoms with van der Waals surface area (Å²) in [4.78, 5) is 10.3. The van der Waals surface area contributed by atoms with Crippen molar-refractivity contribution in [3.05, 3.63) is 47.7 Å². The van der Waals surface area contributed by atoms with E-state index in [4.69, 9.17) is 5.11 Å². The summed E-state index contributed by atoms with van der Waals surface area (Å²) in [5.74, 6) is -0.943. The van der Waals surface area contributed by atoms with Gasteiger partial charge in [0.2, 0.25) is 0 Å². The Labute approximate surface area is 95.8 Å². The van der Waals surface area contributed by atoms with Gasteiger partial charge in [-0.05, 0) is 24.5 Å². The topological polar surface area (TPSA) is 49.3 Å². The van der Waals surface area contributed by atoms with E-state index < -0.39 is 5.97 Å². The largest absolute Gasteiger partial charge is 0.478 e. The van der Waals surface area contributed by atoms with Crippen molar-refractivity contribution >= 4 is 5.97 Å². The molecule has 0 aliphatic heterocycles. The van der Waals surface area contributed by atoms with Crippen LogP contribution in [0.4, 0.5) is 0 Å². The number of hydrogen-bond acceptors (Lipinski definition) is 2. The Hall–Kier alpha value is -1.77. The first-order valence-electron chi connectivity index (χ1n) is 5.38. The first-order valence-corrected chi connectivity index (χ1v) is 5.38. The summed E-state index contributed by atoms with van der Waals surface area (Å²) in [7, 11) is 0. The summed E-state index contributed by atoms with van der Waals surface area (Å²) in [5.41, 5.74) is 2.45. The standard InChI is InChI=1S/C13H17NO2/c1-3-11-4-6-12(7-5-11)10(2)14-9-8-13(15)16/h4-10,14H,3H2,1-2H3,(H,15,16)/b9-8+. The zero-order valence-electron chi connectivity index (χ0n) is 9.60. The van der Waals surface area contributed by atoms with Gasteiger partial charge in [-0.25, -0.2) is 4.79 Å². The summed E-state index contributed by atoms with van der Waals surface area (Å²) in [6.07, 6.45) is 3.58. The Morgan fingerprint density at radius 3 is 2.56 bits per heavy atom. The highest BCUT2D eigenvalue weighted by Crippen LogP contribution is 2.13. The van der Waals surface area contributed by atoms with Gasteiger partial charge >= 0.3 is 5.97 Å². The molecule has 2 N–H and O–H groups in total. The third kappa shape index (κ3) is 3.77. The number of nitrogens with one attached hydrogen (secondary N) is 1. The number of carboxylic acids is 1. The lowest BCUT2D eigenvalue weighted by Gasteiger charge is -2.12. The molecule has 0 aliphatic rings. The van der Waals surface area contributed by atoms with Crippen LogP contribution in [-0.4, -0.2) is 11.1 Å². The van der Waals surface area contributed by atoms with Gasteiger partial charge in [0.1, 0.15) is 0 Å². The van der Waals surface area contributed by atoms with Gasteiger partial charge in [0, 0.05) is 18.3 Å². The fourth-order valence-electron chi connectivity index (χ4n) is 1.40. The van der Waals surface area contributed by atoms with Crippen LogP contribution in [0.25, 0.3) is 0 Å². The fourth-order valence-corrected chi connectivity index (χ4v) is 1.40. The van der Waals surface area contributed by atoms with E-state index >= 15 is 0 Å². The smallest absolute Gasteiger partial charge is 0.329 e. The second-order valence-electron chi connectivity index (χ2n) is 3.66. The van der Waals surface area contributed by atoms with E-state index in [0.29, 0.717) is 0 Å². The van der Waals surface area contributed by atoms with Gasteiger partial charge in [-0.3, -0.25) is 0 Å². The first-order chi connectivity index (χ1) is 7.63. The summed E-state index contributed by atoms with van der Waals surface area (Å²) in [6, 6.07) is 8.42. The molecule has 0 bridgehead atoms. The molecule has 0 fully saturated rings. The summed E-state index contributed by atoms with van der Waals surface area (Å²) >= 11 is 0. The van der Waals surface area contributed by atoms with Gasteiger partial charge in [0.15, 0.2) is 0 Å². The number of aryl methyl sites for hydroxylation is 1. The minimum absolute atomic E-state index is 0.113. The van der Waals surface area contributed by atoms with Crippen molar-refractivity contribution in [1.82, 2.24) is 5.32 Å². The van der Waals surface area contributed by atoms with Crippen molar-refractivity contribution in [2.45, 2.75) is 26.3 Å². The lowest BCUT2D eigenvalue weighted by Crippen LogP contribution is -2.12. The quantitative estimate of drug-likeness (QED) is 0.748. The van der Waals surface area contributed by atoms with Gasteiger partial charge in [-0.1, -0.05) is 31.2 Å². The SMILES string of the molecule is CCc1ccc(C(C)N/C=C/C(=O)O)cc1.